The van der Waals surface area contributed by atoms with Gasteiger partial charge in [-0.25, -0.2) is 9.59 Å². The lowest BCUT2D eigenvalue weighted by atomic mass is 9.96. The smallest absolute Gasteiger partial charge is 0.330 e. The minimum Gasteiger partial charge on any atom is -0.479 e. The number of aliphatic carboxylic acids is 1. The van der Waals surface area contributed by atoms with Crippen LogP contribution < -0.4 is 16.0 Å². The largest absolute Gasteiger partial charge is 0.479 e. The van der Waals surface area contributed by atoms with E-state index < -0.39 is 12.0 Å². The third kappa shape index (κ3) is 7.98. The van der Waals surface area contributed by atoms with Gasteiger partial charge in [0.1, 0.15) is 0 Å². The first-order chi connectivity index (χ1) is 13.6. The maximum Gasteiger partial charge on any atom is 0.330 e. The van der Waals surface area contributed by atoms with E-state index in [0.717, 1.165) is 25.7 Å². The highest BCUT2D eigenvalue weighted by Gasteiger charge is 2.21. The minimum atomic E-state index is -1.08. The van der Waals surface area contributed by atoms with Crippen LogP contribution in [0.1, 0.15) is 69.4 Å². The number of hydrogen-bond acceptors (Lipinski definition) is 3. The van der Waals surface area contributed by atoms with Gasteiger partial charge in [-0.2, -0.15) is 0 Å². The second-order valence-electron chi connectivity index (χ2n) is 7.30. The number of carbonyl (C=O) groups is 3. The van der Waals surface area contributed by atoms with E-state index >= 15 is 0 Å². The summed E-state index contributed by atoms with van der Waals surface area (Å²) in [4.78, 5) is 35.3. The van der Waals surface area contributed by atoms with Crippen molar-refractivity contribution < 1.29 is 19.5 Å². The first-order valence-corrected chi connectivity index (χ1v) is 10.2. The Balaban J connectivity index is 1.56. The lowest BCUT2D eigenvalue weighted by molar-refractivity contribution is -0.142. The molecule has 1 saturated carbocycles. The molecule has 1 fully saturated rings. The van der Waals surface area contributed by atoms with Crippen LogP contribution in [0.15, 0.2) is 30.3 Å². The molecule has 7 nitrogen and oxygen atoms in total. The molecule has 1 aromatic carbocycles. The second kappa shape index (κ2) is 12.0. The van der Waals surface area contributed by atoms with Crippen LogP contribution in [0.3, 0.4) is 0 Å². The van der Waals surface area contributed by atoms with Crippen LogP contribution in [0, 0.1) is 0 Å². The van der Waals surface area contributed by atoms with Gasteiger partial charge >= 0.3 is 12.0 Å². The lowest BCUT2D eigenvalue weighted by Gasteiger charge is -2.22. The van der Waals surface area contributed by atoms with Gasteiger partial charge in [0.05, 0.1) is 0 Å². The van der Waals surface area contributed by atoms with E-state index in [2.05, 4.69) is 16.0 Å². The zero-order chi connectivity index (χ0) is 20.2. The summed E-state index contributed by atoms with van der Waals surface area (Å²) < 4.78 is 0. The lowest BCUT2D eigenvalue weighted by Crippen LogP contribution is -2.43. The van der Waals surface area contributed by atoms with Gasteiger partial charge in [-0.1, -0.05) is 56.0 Å². The number of carboxylic acids is 1. The molecule has 154 valence electrons. The molecule has 1 aromatic rings. The van der Waals surface area contributed by atoms with Gasteiger partial charge in [-0.3, -0.25) is 4.79 Å². The summed E-state index contributed by atoms with van der Waals surface area (Å²) in [7, 11) is 0. The van der Waals surface area contributed by atoms with Gasteiger partial charge in [0, 0.05) is 19.0 Å². The number of hydrogen-bond donors (Lipinski definition) is 4. The van der Waals surface area contributed by atoms with Crippen molar-refractivity contribution in [2.45, 2.75) is 69.9 Å². The van der Waals surface area contributed by atoms with E-state index in [0.29, 0.717) is 24.6 Å². The highest BCUT2D eigenvalue weighted by Crippen LogP contribution is 2.17. The number of unbranched alkanes of at least 4 members (excludes halogenated alkanes) is 2. The average Bonchev–Trinajstić information content (AvgIpc) is 2.70. The van der Waals surface area contributed by atoms with E-state index in [1.54, 1.807) is 30.3 Å². The maximum atomic E-state index is 12.0. The van der Waals surface area contributed by atoms with E-state index in [-0.39, 0.29) is 18.4 Å². The number of nitrogens with one attached hydrogen (secondary N) is 3. The molecule has 4 N–H and O–H groups in total. The molecule has 1 aliphatic carbocycles. The number of urea groups is 1. The number of carbonyl (C=O) groups excluding carboxylic acids is 2. The molecule has 0 radical (unpaired) electrons. The second-order valence-corrected chi connectivity index (χ2v) is 7.30. The van der Waals surface area contributed by atoms with Gasteiger partial charge in [-0.15, -0.1) is 0 Å². The molecule has 1 atom stereocenters. The number of benzene rings is 1. The molecular weight excluding hydrogens is 358 g/mol. The molecule has 7 heteroatoms. The van der Waals surface area contributed by atoms with Crippen molar-refractivity contribution in [2.24, 2.45) is 0 Å². The van der Waals surface area contributed by atoms with Crippen molar-refractivity contribution in [3.63, 3.8) is 0 Å². The van der Waals surface area contributed by atoms with Crippen LogP contribution in [-0.2, 0) is 9.59 Å². The molecule has 0 bridgehead atoms. The van der Waals surface area contributed by atoms with Crippen LogP contribution in [-0.4, -0.2) is 35.6 Å². The van der Waals surface area contributed by atoms with E-state index in [1.165, 1.54) is 19.3 Å². The third-order valence-electron chi connectivity index (χ3n) is 4.99. The standard InChI is InChI=1S/C21H31N3O4/c25-18(24-19(20(26)27)16-10-4-1-5-11-16)14-8-3-9-15-22-21(28)23-17-12-6-2-7-13-17/h1,4-5,10-11,17,19H,2-3,6-9,12-15H2,(H,24,25)(H,26,27)(H2,22,23,28). The minimum absolute atomic E-state index is 0.114. The Morgan fingerprint density at radius 3 is 2.39 bits per heavy atom. The van der Waals surface area contributed by atoms with Crippen molar-refractivity contribution in [3.8, 4) is 0 Å². The summed E-state index contributed by atoms with van der Waals surface area (Å²) in [6.45, 7) is 0.571. The van der Waals surface area contributed by atoms with Crippen LogP contribution in [0.25, 0.3) is 0 Å². The Bertz CT molecular complexity index is 630. The van der Waals surface area contributed by atoms with E-state index in [1.807, 2.05) is 0 Å². The summed E-state index contributed by atoms with van der Waals surface area (Å²) in [6.07, 6.45) is 8.23. The molecule has 1 aliphatic rings. The van der Waals surface area contributed by atoms with Crippen molar-refractivity contribution >= 4 is 17.9 Å². The van der Waals surface area contributed by atoms with Crippen LogP contribution in [0.2, 0.25) is 0 Å². The highest BCUT2D eigenvalue weighted by atomic mass is 16.4. The molecule has 0 heterocycles. The summed E-state index contributed by atoms with van der Waals surface area (Å²) in [5, 5.41) is 17.8. The van der Waals surface area contributed by atoms with Gasteiger partial charge < -0.3 is 21.1 Å². The van der Waals surface area contributed by atoms with E-state index in [4.69, 9.17) is 0 Å². The van der Waals surface area contributed by atoms with Crippen LogP contribution >= 0.6 is 0 Å². The Kier molecular flexibility index (Phi) is 9.31. The highest BCUT2D eigenvalue weighted by molar-refractivity contribution is 5.84. The molecule has 28 heavy (non-hydrogen) atoms. The molecule has 0 spiro atoms. The van der Waals surface area contributed by atoms with Gasteiger partial charge in [0.15, 0.2) is 6.04 Å². The van der Waals surface area contributed by atoms with Crippen LogP contribution in [0.4, 0.5) is 4.79 Å². The fourth-order valence-electron chi connectivity index (χ4n) is 3.44. The molecule has 0 aromatic heterocycles. The van der Waals surface area contributed by atoms with Crippen molar-refractivity contribution in [2.75, 3.05) is 6.54 Å². The van der Waals surface area contributed by atoms with Crippen LogP contribution in [0.5, 0.6) is 0 Å². The average molecular weight is 389 g/mol. The predicted molar refractivity (Wildman–Crippen MR) is 107 cm³/mol. The predicted octanol–water partition coefficient (Wildman–Crippen LogP) is 3.12. The summed E-state index contributed by atoms with van der Waals surface area (Å²) >= 11 is 0. The summed E-state index contributed by atoms with van der Waals surface area (Å²) in [5.41, 5.74) is 0.552. The topological polar surface area (TPSA) is 108 Å². The third-order valence-corrected chi connectivity index (χ3v) is 4.99. The molecule has 1 unspecified atom stereocenters. The SMILES string of the molecule is O=C(CCCCCNC(=O)NC1CCCCC1)NC(C(=O)O)c1ccccc1. The Labute approximate surface area is 166 Å². The molecule has 2 rings (SSSR count). The first kappa shape index (κ1) is 21.7. The zero-order valence-electron chi connectivity index (χ0n) is 16.3. The maximum absolute atomic E-state index is 12.0. The monoisotopic (exact) mass is 389 g/mol. The molecule has 3 amide bonds. The fourth-order valence-corrected chi connectivity index (χ4v) is 3.44. The Hall–Kier alpha value is -2.57. The Morgan fingerprint density at radius 2 is 1.71 bits per heavy atom. The van der Waals surface area contributed by atoms with Gasteiger partial charge in [0.25, 0.3) is 0 Å². The Morgan fingerprint density at radius 1 is 1.00 bits per heavy atom. The fraction of sp³-hybridized carbons (Fsp3) is 0.571. The normalized spacial score (nSPS) is 15.4. The quantitative estimate of drug-likeness (QED) is 0.461. The van der Waals surface area contributed by atoms with Gasteiger partial charge in [-0.05, 0) is 31.2 Å². The number of amides is 3. The van der Waals surface area contributed by atoms with Crippen molar-refractivity contribution in [1.29, 1.82) is 0 Å². The van der Waals surface area contributed by atoms with Crippen molar-refractivity contribution in [3.05, 3.63) is 35.9 Å². The molecular formula is C21H31N3O4. The number of rotatable bonds is 10. The number of carboxylic acid groups (broad SMARTS) is 1. The van der Waals surface area contributed by atoms with E-state index in [9.17, 15) is 19.5 Å². The molecule has 0 saturated heterocycles. The molecule has 0 aliphatic heterocycles. The van der Waals surface area contributed by atoms with Gasteiger partial charge in [0.2, 0.25) is 5.91 Å². The summed E-state index contributed by atoms with van der Waals surface area (Å²) in [6, 6.07) is 7.81. The summed E-state index contributed by atoms with van der Waals surface area (Å²) in [5.74, 6) is -1.35. The van der Waals surface area contributed by atoms with Crippen molar-refractivity contribution in [1.82, 2.24) is 16.0 Å². The first-order valence-electron chi connectivity index (χ1n) is 10.2. The zero-order valence-corrected chi connectivity index (χ0v) is 16.3.